The summed E-state index contributed by atoms with van der Waals surface area (Å²) in [7, 11) is 0. The summed E-state index contributed by atoms with van der Waals surface area (Å²) in [6, 6.07) is 76.6. The van der Waals surface area contributed by atoms with Gasteiger partial charge in [-0.1, -0.05) is 200 Å². The van der Waals surface area contributed by atoms with Gasteiger partial charge in [0.05, 0.1) is 5.41 Å². The Morgan fingerprint density at radius 2 is 0.927 bits per heavy atom. The van der Waals surface area contributed by atoms with Crippen LogP contribution in [0.15, 0.2) is 217 Å². The third-order valence-electron chi connectivity index (χ3n) is 11.2. The monoisotopic (exact) mass is 705 g/mol. The molecule has 0 aromatic heterocycles. The number of hydrogen-bond acceptors (Lipinski definition) is 3. The van der Waals surface area contributed by atoms with Gasteiger partial charge in [-0.2, -0.15) is 0 Å². The molecule has 2 aliphatic rings. The molecule has 0 saturated carbocycles. The molecule has 1 aliphatic carbocycles. The minimum absolute atomic E-state index is 0.137. The average Bonchev–Trinajstić information content (AvgIpc) is 3.59. The van der Waals surface area contributed by atoms with E-state index in [4.69, 9.17) is 4.99 Å². The van der Waals surface area contributed by atoms with E-state index in [1.807, 2.05) is 0 Å². The Balaban J connectivity index is 1.13. The van der Waals surface area contributed by atoms with Crippen molar-refractivity contribution in [3.8, 4) is 33.4 Å². The third kappa shape index (κ3) is 5.69. The van der Waals surface area contributed by atoms with Gasteiger partial charge in [0.2, 0.25) is 0 Å². The van der Waals surface area contributed by atoms with Crippen LogP contribution in [-0.4, -0.2) is 5.84 Å². The number of fused-ring (bicyclic) bond motifs is 3. The summed E-state index contributed by atoms with van der Waals surface area (Å²) in [4.78, 5) is 5.39. The van der Waals surface area contributed by atoms with E-state index in [9.17, 15) is 0 Å². The second kappa shape index (κ2) is 13.9. The summed E-state index contributed by atoms with van der Waals surface area (Å²) in [5, 5.41) is 7.59. The fourth-order valence-electron chi connectivity index (χ4n) is 8.79. The summed E-state index contributed by atoms with van der Waals surface area (Å²) in [6.45, 7) is 0. The van der Waals surface area contributed by atoms with Crippen molar-refractivity contribution in [1.82, 2.24) is 10.6 Å². The van der Waals surface area contributed by atoms with Gasteiger partial charge in [-0.25, -0.2) is 4.99 Å². The quantitative estimate of drug-likeness (QED) is 0.173. The Morgan fingerprint density at radius 1 is 0.400 bits per heavy atom. The van der Waals surface area contributed by atoms with Gasteiger partial charge in [-0.3, -0.25) is 5.32 Å². The predicted octanol–water partition coefficient (Wildman–Crippen LogP) is 11.7. The fourth-order valence-corrected chi connectivity index (χ4v) is 8.79. The van der Waals surface area contributed by atoms with Crippen LogP contribution < -0.4 is 10.6 Å². The lowest BCUT2D eigenvalue weighted by Gasteiger charge is -2.35. The second-order valence-corrected chi connectivity index (χ2v) is 14.4. The highest BCUT2D eigenvalue weighted by Gasteiger charge is 2.47. The molecule has 0 bridgehead atoms. The molecule has 8 aromatic rings. The smallest absolute Gasteiger partial charge is 0.131 e. The first-order valence-corrected chi connectivity index (χ1v) is 19.0. The first kappa shape index (κ1) is 32.8. The molecule has 0 fully saturated rings. The number of nitrogens with one attached hydrogen (secondary N) is 2. The summed E-state index contributed by atoms with van der Waals surface area (Å²) >= 11 is 0. The molecule has 2 unspecified atom stereocenters. The van der Waals surface area contributed by atoms with Gasteiger partial charge in [0.25, 0.3) is 0 Å². The van der Waals surface area contributed by atoms with Gasteiger partial charge >= 0.3 is 0 Å². The van der Waals surface area contributed by atoms with E-state index in [2.05, 4.69) is 223 Å². The van der Waals surface area contributed by atoms with Gasteiger partial charge in [0, 0.05) is 5.56 Å². The topological polar surface area (TPSA) is 36.4 Å². The zero-order valence-electron chi connectivity index (χ0n) is 30.3. The molecule has 0 spiro atoms. The summed E-state index contributed by atoms with van der Waals surface area (Å²) < 4.78 is 0. The SMILES string of the molecule is c1ccc(-c2cccc(C3N=C(c4cccc(-c5cccc6c5C(c5ccccc5)(c5ccccc5)c5ccccc5-6)c4)NC(c4ccccc4)N3)c2)cc1. The van der Waals surface area contributed by atoms with Crippen LogP contribution in [0.3, 0.4) is 0 Å². The minimum Gasteiger partial charge on any atom is -0.350 e. The predicted molar refractivity (Wildman–Crippen MR) is 226 cm³/mol. The van der Waals surface area contributed by atoms with Crippen LogP contribution in [0.4, 0.5) is 0 Å². The maximum atomic E-state index is 5.39. The Morgan fingerprint density at radius 3 is 1.67 bits per heavy atom. The Labute approximate surface area is 322 Å². The van der Waals surface area contributed by atoms with Gasteiger partial charge in [0.15, 0.2) is 0 Å². The minimum atomic E-state index is -0.501. The summed E-state index contributed by atoms with van der Waals surface area (Å²) in [5.74, 6) is 0.859. The maximum absolute atomic E-state index is 5.39. The van der Waals surface area contributed by atoms with Crippen LogP contribution in [0.25, 0.3) is 33.4 Å². The molecule has 10 rings (SSSR count). The normalized spacial score (nSPS) is 16.7. The fraction of sp³-hybridized carbons (Fsp3) is 0.0577. The first-order valence-electron chi connectivity index (χ1n) is 19.0. The number of aliphatic imine (C=N–C) groups is 1. The van der Waals surface area contributed by atoms with E-state index in [-0.39, 0.29) is 12.3 Å². The zero-order chi connectivity index (χ0) is 36.6. The lowest BCUT2D eigenvalue weighted by Crippen LogP contribution is -2.44. The molecule has 0 amide bonds. The summed E-state index contributed by atoms with van der Waals surface area (Å²) in [5.41, 5.74) is 15.2. The number of hydrogen-bond donors (Lipinski definition) is 2. The molecule has 0 saturated heterocycles. The zero-order valence-corrected chi connectivity index (χ0v) is 30.3. The van der Waals surface area contributed by atoms with Crippen LogP contribution in [0.5, 0.6) is 0 Å². The van der Waals surface area contributed by atoms with Crippen LogP contribution >= 0.6 is 0 Å². The van der Waals surface area contributed by atoms with E-state index in [0.29, 0.717) is 0 Å². The highest BCUT2D eigenvalue weighted by molar-refractivity contribution is 6.01. The van der Waals surface area contributed by atoms with E-state index in [0.717, 1.165) is 28.1 Å². The van der Waals surface area contributed by atoms with Crippen molar-refractivity contribution >= 4 is 5.84 Å². The highest BCUT2D eigenvalue weighted by Crippen LogP contribution is 2.58. The molecule has 1 aliphatic heterocycles. The standard InChI is InChI=1S/C52H39N3/c1-5-18-36(19-6-1)38-22-15-24-40(34-38)50-53-49(37-20-7-2-8-21-37)54-51(55-50)41-25-16-23-39(35-41)44-31-17-32-46-45-30-13-14-33-47(45)52(48(44)46,42-26-9-3-10-27-42)43-28-11-4-12-29-43/h1-35,49-50,53H,(H,54,55). The Kier molecular flexibility index (Phi) is 8.28. The molecule has 8 aromatic carbocycles. The molecule has 3 nitrogen and oxygen atoms in total. The van der Waals surface area contributed by atoms with Crippen molar-refractivity contribution < 1.29 is 0 Å². The molecular weight excluding hydrogens is 667 g/mol. The van der Waals surface area contributed by atoms with Gasteiger partial charge in [0.1, 0.15) is 18.2 Å². The van der Waals surface area contributed by atoms with Crippen LogP contribution in [0.2, 0.25) is 0 Å². The van der Waals surface area contributed by atoms with Crippen LogP contribution in [0.1, 0.15) is 51.3 Å². The van der Waals surface area contributed by atoms with Crippen molar-refractivity contribution in [2.75, 3.05) is 0 Å². The molecule has 3 heteroatoms. The summed E-state index contributed by atoms with van der Waals surface area (Å²) in [6.07, 6.45) is -0.393. The number of benzene rings is 8. The van der Waals surface area contributed by atoms with E-state index < -0.39 is 5.41 Å². The molecule has 0 radical (unpaired) electrons. The van der Waals surface area contributed by atoms with Gasteiger partial charge in [-0.05, 0) is 78.9 Å². The first-order chi connectivity index (χ1) is 27.3. The van der Waals surface area contributed by atoms with Crippen molar-refractivity contribution in [3.63, 3.8) is 0 Å². The Hall–Kier alpha value is -6.81. The van der Waals surface area contributed by atoms with E-state index >= 15 is 0 Å². The Bertz CT molecular complexity index is 2610. The van der Waals surface area contributed by atoms with Gasteiger partial charge < -0.3 is 5.32 Å². The van der Waals surface area contributed by atoms with Crippen LogP contribution in [-0.2, 0) is 5.41 Å². The van der Waals surface area contributed by atoms with Gasteiger partial charge in [-0.15, -0.1) is 0 Å². The number of nitrogens with zero attached hydrogens (tertiary/aromatic N) is 1. The average molecular weight is 706 g/mol. The largest absolute Gasteiger partial charge is 0.350 e. The highest BCUT2D eigenvalue weighted by atomic mass is 15.3. The lowest BCUT2D eigenvalue weighted by molar-refractivity contribution is 0.409. The molecular formula is C52H39N3. The lowest BCUT2D eigenvalue weighted by atomic mass is 9.66. The van der Waals surface area contributed by atoms with Crippen molar-refractivity contribution in [1.29, 1.82) is 0 Å². The molecule has 262 valence electrons. The second-order valence-electron chi connectivity index (χ2n) is 14.4. The van der Waals surface area contributed by atoms with E-state index in [1.54, 1.807) is 0 Å². The molecule has 1 heterocycles. The maximum Gasteiger partial charge on any atom is 0.131 e. The number of amidine groups is 1. The van der Waals surface area contributed by atoms with Crippen molar-refractivity contribution in [2.24, 2.45) is 4.99 Å². The van der Waals surface area contributed by atoms with Crippen molar-refractivity contribution in [3.05, 3.63) is 251 Å². The molecule has 2 N–H and O–H groups in total. The van der Waals surface area contributed by atoms with Crippen molar-refractivity contribution in [2.45, 2.75) is 17.7 Å². The number of rotatable bonds is 7. The molecule has 2 atom stereocenters. The van der Waals surface area contributed by atoms with Crippen LogP contribution in [0, 0.1) is 0 Å². The van der Waals surface area contributed by atoms with E-state index in [1.165, 1.54) is 50.1 Å². The third-order valence-corrected chi connectivity index (χ3v) is 11.2. The molecule has 55 heavy (non-hydrogen) atoms.